The van der Waals surface area contributed by atoms with E-state index in [1.807, 2.05) is 6.07 Å². The van der Waals surface area contributed by atoms with Crippen LogP contribution in [0.15, 0.2) is 47.4 Å². The Bertz CT molecular complexity index is 891. The van der Waals surface area contributed by atoms with E-state index in [2.05, 4.69) is 4.72 Å². The molecule has 3 rings (SSSR count). The number of aryl methyl sites for hydroxylation is 2. The fraction of sp³-hybridized carbons (Fsp3) is 0.278. The highest BCUT2D eigenvalue weighted by molar-refractivity contribution is 7.92. The van der Waals surface area contributed by atoms with E-state index in [0.29, 0.717) is 17.8 Å². The van der Waals surface area contributed by atoms with Gasteiger partial charge in [0.05, 0.1) is 10.6 Å². The molecular weight excluding hydrogens is 324 g/mol. The maximum absolute atomic E-state index is 12.6. The monoisotopic (exact) mass is 344 g/mol. The van der Waals surface area contributed by atoms with Gasteiger partial charge in [-0.3, -0.25) is 9.52 Å². The van der Waals surface area contributed by atoms with Crippen molar-refractivity contribution < 1.29 is 13.2 Å². The third-order valence-corrected chi connectivity index (χ3v) is 5.76. The Labute approximate surface area is 142 Å². The second-order valence-corrected chi connectivity index (χ2v) is 7.64. The zero-order valence-electron chi connectivity index (χ0n) is 13.7. The van der Waals surface area contributed by atoms with Crippen molar-refractivity contribution in [2.24, 2.45) is 0 Å². The van der Waals surface area contributed by atoms with Gasteiger partial charge in [0.2, 0.25) is 5.91 Å². The van der Waals surface area contributed by atoms with E-state index in [1.165, 1.54) is 6.92 Å². The normalized spacial score (nSPS) is 14.2. The number of rotatable bonds is 3. The number of nitrogens with one attached hydrogen (secondary N) is 1. The lowest BCUT2D eigenvalue weighted by molar-refractivity contribution is -0.116. The van der Waals surface area contributed by atoms with Crippen LogP contribution in [0, 0.1) is 6.92 Å². The van der Waals surface area contributed by atoms with E-state index in [4.69, 9.17) is 0 Å². The Morgan fingerprint density at radius 3 is 2.62 bits per heavy atom. The third kappa shape index (κ3) is 3.14. The van der Waals surface area contributed by atoms with Gasteiger partial charge in [0, 0.05) is 19.2 Å². The first-order valence-electron chi connectivity index (χ1n) is 7.88. The molecule has 0 fully saturated rings. The van der Waals surface area contributed by atoms with Crippen LogP contribution in [0.25, 0.3) is 0 Å². The predicted molar refractivity (Wildman–Crippen MR) is 94.8 cm³/mol. The molecule has 1 heterocycles. The summed E-state index contributed by atoms with van der Waals surface area (Å²) in [7, 11) is -3.66. The van der Waals surface area contributed by atoms with Gasteiger partial charge < -0.3 is 4.90 Å². The largest absolute Gasteiger partial charge is 0.312 e. The minimum atomic E-state index is -3.66. The molecule has 1 aliphatic rings. The maximum atomic E-state index is 12.6. The van der Waals surface area contributed by atoms with E-state index in [0.717, 1.165) is 24.1 Å². The smallest absolute Gasteiger partial charge is 0.262 e. The SMILES string of the molecule is CC(=O)N1CCCc2ccc(NS(=O)(=O)c3ccccc3C)cc21. The zero-order chi connectivity index (χ0) is 17.3. The summed E-state index contributed by atoms with van der Waals surface area (Å²) in [5.74, 6) is -0.0325. The number of fused-ring (bicyclic) bond motifs is 1. The lowest BCUT2D eigenvalue weighted by atomic mass is 10.0. The van der Waals surface area contributed by atoms with E-state index in [9.17, 15) is 13.2 Å². The fourth-order valence-electron chi connectivity index (χ4n) is 3.03. The Morgan fingerprint density at radius 2 is 1.92 bits per heavy atom. The lowest BCUT2D eigenvalue weighted by Gasteiger charge is -2.29. The van der Waals surface area contributed by atoms with Crippen molar-refractivity contribution in [1.82, 2.24) is 0 Å². The van der Waals surface area contributed by atoms with Crippen LogP contribution in [-0.4, -0.2) is 20.9 Å². The number of carbonyl (C=O) groups is 1. The van der Waals surface area contributed by atoms with E-state index < -0.39 is 10.0 Å². The molecule has 0 saturated carbocycles. The quantitative estimate of drug-likeness (QED) is 0.930. The second kappa shape index (κ2) is 6.28. The van der Waals surface area contributed by atoms with Crippen molar-refractivity contribution in [2.45, 2.75) is 31.6 Å². The number of carbonyl (C=O) groups excluding carboxylic acids is 1. The highest BCUT2D eigenvalue weighted by Gasteiger charge is 2.22. The average molecular weight is 344 g/mol. The highest BCUT2D eigenvalue weighted by atomic mass is 32.2. The van der Waals surface area contributed by atoms with Gasteiger partial charge in [-0.05, 0) is 49.1 Å². The molecule has 0 aliphatic carbocycles. The number of hydrogen-bond acceptors (Lipinski definition) is 3. The van der Waals surface area contributed by atoms with Gasteiger partial charge in [-0.2, -0.15) is 0 Å². The summed E-state index contributed by atoms with van der Waals surface area (Å²) in [6.07, 6.45) is 1.81. The first-order valence-corrected chi connectivity index (χ1v) is 9.36. The molecule has 0 saturated heterocycles. The molecule has 1 aliphatic heterocycles. The average Bonchev–Trinajstić information content (AvgIpc) is 2.54. The summed E-state index contributed by atoms with van der Waals surface area (Å²) in [5, 5.41) is 0. The van der Waals surface area contributed by atoms with Crippen molar-refractivity contribution in [3.05, 3.63) is 53.6 Å². The molecule has 2 aromatic rings. The van der Waals surface area contributed by atoms with Crippen molar-refractivity contribution in [1.29, 1.82) is 0 Å². The van der Waals surface area contributed by atoms with Crippen LogP contribution < -0.4 is 9.62 Å². The third-order valence-electron chi connectivity index (χ3n) is 4.22. The second-order valence-electron chi connectivity index (χ2n) is 5.99. The number of nitrogens with zero attached hydrogens (tertiary/aromatic N) is 1. The van der Waals surface area contributed by atoms with Crippen molar-refractivity contribution in [3.8, 4) is 0 Å². The van der Waals surface area contributed by atoms with Crippen molar-refractivity contribution >= 4 is 27.3 Å². The van der Waals surface area contributed by atoms with Crippen LogP contribution in [0.3, 0.4) is 0 Å². The standard InChI is InChI=1S/C18H20N2O3S/c1-13-6-3-4-8-18(13)24(22,23)19-16-10-9-15-7-5-11-20(14(2)21)17(15)12-16/h3-4,6,8-10,12,19H,5,7,11H2,1-2H3. The minimum absolute atomic E-state index is 0.0325. The summed E-state index contributed by atoms with van der Waals surface area (Å²) < 4.78 is 27.8. The number of amides is 1. The van der Waals surface area contributed by atoms with Gasteiger partial charge in [0.25, 0.3) is 10.0 Å². The van der Waals surface area contributed by atoms with Crippen molar-refractivity contribution in [2.75, 3.05) is 16.2 Å². The summed E-state index contributed by atoms with van der Waals surface area (Å²) in [4.78, 5) is 13.8. The van der Waals surface area contributed by atoms with Gasteiger partial charge in [0.15, 0.2) is 0 Å². The first-order chi connectivity index (χ1) is 11.4. The van der Waals surface area contributed by atoms with Crippen LogP contribution in [0.1, 0.15) is 24.5 Å². The Morgan fingerprint density at radius 1 is 1.17 bits per heavy atom. The number of hydrogen-bond donors (Lipinski definition) is 1. The molecule has 0 unspecified atom stereocenters. The molecule has 0 aromatic heterocycles. The fourth-order valence-corrected chi connectivity index (χ4v) is 4.33. The van der Waals surface area contributed by atoms with Crippen LogP contribution in [0.5, 0.6) is 0 Å². The molecular formula is C18H20N2O3S. The molecule has 1 amide bonds. The minimum Gasteiger partial charge on any atom is -0.312 e. The van der Waals surface area contributed by atoms with Gasteiger partial charge in [0.1, 0.15) is 0 Å². The lowest BCUT2D eigenvalue weighted by Crippen LogP contribution is -2.33. The molecule has 6 heteroatoms. The number of benzene rings is 2. The molecule has 0 atom stereocenters. The highest BCUT2D eigenvalue weighted by Crippen LogP contribution is 2.31. The molecule has 5 nitrogen and oxygen atoms in total. The molecule has 0 radical (unpaired) electrons. The van der Waals surface area contributed by atoms with Gasteiger partial charge in [-0.25, -0.2) is 8.42 Å². The molecule has 24 heavy (non-hydrogen) atoms. The van der Waals surface area contributed by atoms with Crippen LogP contribution in [-0.2, 0) is 21.2 Å². The Hall–Kier alpha value is -2.34. The topological polar surface area (TPSA) is 66.5 Å². The van der Waals surface area contributed by atoms with Gasteiger partial charge in [-0.15, -0.1) is 0 Å². The van der Waals surface area contributed by atoms with Crippen LogP contribution in [0.4, 0.5) is 11.4 Å². The maximum Gasteiger partial charge on any atom is 0.262 e. The van der Waals surface area contributed by atoms with E-state index >= 15 is 0 Å². The van der Waals surface area contributed by atoms with Gasteiger partial charge >= 0.3 is 0 Å². The summed E-state index contributed by atoms with van der Waals surface area (Å²) in [6, 6.07) is 12.2. The molecule has 1 N–H and O–H groups in total. The van der Waals surface area contributed by atoms with Gasteiger partial charge in [-0.1, -0.05) is 24.3 Å². The Balaban J connectivity index is 1.96. The van der Waals surface area contributed by atoms with Crippen LogP contribution in [0.2, 0.25) is 0 Å². The van der Waals surface area contributed by atoms with Crippen LogP contribution >= 0.6 is 0 Å². The van der Waals surface area contributed by atoms with E-state index in [-0.39, 0.29) is 10.8 Å². The summed E-state index contributed by atoms with van der Waals surface area (Å²) >= 11 is 0. The predicted octanol–water partition coefficient (Wildman–Crippen LogP) is 3.09. The molecule has 126 valence electrons. The first kappa shape index (κ1) is 16.5. The Kier molecular flexibility index (Phi) is 4.32. The number of sulfonamides is 1. The molecule has 2 aromatic carbocycles. The van der Waals surface area contributed by atoms with Crippen molar-refractivity contribution in [3.63, 3.8) is 0 Å². The molecule has 0 spiro atoms. The van der Waals surface area contributed by atoms with E-state index in [1.54, 1.807) is 48.2 Å². The zero-order valence-corrected chi connectivity index (χ0v) is 14.6. The summed E-state index contributed by atoms with van der Waals surface area (Å²) in [6.45, 7) is 3.95. The summed E-state index contributed by atoms with van der Waals surface area (Å²) in [5.41, 5.74) is 3.01. The molecule has 0 bridgehead atoms. The number of anilines is 2.